The number of aromatic nitrogens is 3. The first-order valence-electron chi connectivity index (χ1n) is 11.0. The highest BCUT2D eigenvalue weighted by atomic mass is 35.5. The number of benzene rings is 2. The molecule has 3 heterocycles. The van der Waals surface area contributed by atoms with Gasteiger partial charge >= 0.3 is 5.97 Å². The molecule has 5 rings (SSSR count). The molecule has 1 atom stereocenters. The average molecular weight is 528 g/mol. The van der Waals surface area contributed by atoms with E-state index in [9.17, 15) is 19.1 Å². The molecule has 36 heavy (non-hydrogen) atoms. The Morgan fingerprint density at radius 2 is 1.86 bits per heavy atom. The molecule has 0 fully saturated rings. The molecule has 4 aromatic rings. The van der Waals surface area contributed by atoms with E-state index < -0.39 is 12.0 Å². The Morgan fingerprint density at radius 1 is 1.11 bits per heavy atom. The van der Waals surface area contributed by atoms with Crippen molar-refractivity contribution in [2.45, 2.75) is 26.1 Å². The maximum Gasteiger partial charge on any atom is 0.356 e. The molecule has 11 heteroatoms. The van der Waals surface area contributed by atoms with Crippen LogP contribution in [0, 0.1) is 5.82 Å². The molecule has 0 radical (unpaired) electrons. The summed E-state index contributed by atoms with van der Waals surface area (Å²) in [5, 5.41) is 13.4. The van der Waals surface area contributed by atoms with Gasteiger partial charge in [-0.15, -0.1) is 0 Å². The number of fused-ring (bicyclic) bond motifs is 2. The molecular weight excluding hydrogens is 508 g/mol. The van der Waals surface area contributed by atoms with Crippen LogP contribution < -0.4 is 15.8 Å². The first-order chi connectivity index (χ1) is 17.1. The number of aromatic carboxylic acids is 1. The Balaban J connectivity index is 1.60. The summed E-state index contributed by atoms with van der Waals surface area (Å²) in [6.07, 6.45) is 0. The molecule has 0 spiro atoms. The molecule has 1 aliphatic rings. The normalized spacial score (nSPS) is 13.6. The van der Waals surface area contributed by atoms with Crippen molar-refractivity contribution in [3.63, 3.8) is 0 Å². The van der Waals surface area contributed by atoms with Crippen LogP contribution in [0.3, 0.4) is 0 Å². The highest BCUT2D eigenvalue weighted by Gasteiger charge is 2.25. The number of rotatable bonds is 5. The standard InChI is InChI=1S/C25H20Cl2FN5O3/c1-12(29-19-5-6-20(27)30-22(19)24(35)36)17-8-15(26)9-18-21(17)31-25(32(2)23(18)34)33-10-13-3-4-16(28)7-14(13)11-33/h3-9,12,29H,10-11H2,1-2H3,(H,35,36)/t12-/m1/s1. The molecule has 2 N–H and O–H groups in total. The lowest BCUT2D eigenvalue weighted by atomic mass is 10.0. The summed E-state index contributed by atoms with van der Waals surface area (Å²) >= 11 is 12.2. The third-order valence-corrected chi connectivity index (χ3v) is 6.66. The van der Waals surface area contributed by atoms with E-state index in [1.54, 1.807) is 32.2 Å². The molecule has 0 unspecified atom stereocenters. The van der Waals surface area contributed by atoms with Gasteiger partial charge in [-0.25, -0.2) is 19.2 Å². The minimum Gasteiger partial charge on any atom is -0.476 e. The molecule has 1 aliphatic heterocycles. The fourth-order valence-corrected chi connectivity index (χ4v) is 4.87. The van der Waals surface area contributed by atoms with Crippen LogP contribution in [-0.4, -0.2) is 25.6 Å². The summed E-state index contributed by atoms with van der Waals surface area (Å²) in [7, 11) is 1.63. The van der Waals surface area contributed by atoms with Crippen molar-refractivity contribution in [3.05, 3.63) is 91.2 Å². The zero-order chi connectivity index (χ0) is 25.7. The van der Waals surface area contributed by atoms with E-state index in [2.05, 4.69) is 10.3 Å². The van der Waals surface area contributed by atoms with Crippen molar-refractivity contribution >= 4 is 51.7 Å². The molecule has 0 saturated carbocycles. The third-order valence-electron chi connectivity index (χ3n) is 6.23. The molecule has 0 saturated heterocycles. The summed E-state index contributed by atoms with van der Waals surface area (Å²) in [5.74, 6) is -1.12. The van der Waals surface area contributed by atoms with Gasteiger partial charge in [0.15, 0.2) is 5.69 Å². The Hall–Kier alpha value is -3.69. The van der Waals surface area contributed by atoms with Gasteiger partial charge in [0.05, 0.1) is 22.6 Å². The first-order valence-corrected chi connectivity index (χ1v) is 11.8. The topological polar surface area (TPSA) is 100 Å². The smallest absolute Gasteiger partial charge is 0.356 e. The Kier molecular flexibility index (Phi) is 6.05. The molecule has 8 nitrogen and oxygen atoms in total. The van der Waals surface area contributed by atoms with Crippen molar-refractivity contribution in [1.29, 1.82) is 0 Å². The molecular formula is C25H20Cl2FN5O3. The molecule has 2 aromatic heterocycles. The number of hydrogen-bond acceptors (Lipinski definition) is 6. The Morgan fingerprint density at radius 3 is 2.61 bits per heavy atom. The van der Waals surface area contributed by atoms with Gasteiger partial charge in [-0.1, -0.05) is 29.3 Å². The van der Waals surface area contributed by atoms with Crippen molar-refractivity contribution in [3.8, 4) is 0 Å². The lowest BCUT2D eigenvalue weighted by molar-refractivity contribution is 0.0691. The van der Waals surface area contributed by atoms with E-state index >= 15 is 0 Å². The van der Waals surface area contributed by atoms with Gasteiger partial charge in [-0.3, -0.25) is 9.36 Å². The van der Waals surface area contributed by atoms with Gasteiger partial charge < -0.3 is 15.3 Å². The first kappa shape index (κ1) is 24.0. The van der Waals surface area contributed by atoms with Gasteiger partial charge in [0, 0.05) is 30.7 Å². The van der Waals surface area contributed by atoms with Gasteiger partial charge in [-0.2, -0.15) is 0 Å². The molecule has 0 amide bonds. The van der Waals surface area contributed by atoms with Crippen LogP contribution in [-0.2, 0) is 20.1 Å². The van der Waals surface area contributed by atoms with Crippen LogP contribution in [0.2, 0.25) is 10.2 Å². The maximum atomic E-state index is 13.7. The fourth-order valence-electron chi connectivity index (χ4n) is 4.50. The van der Waals surface area contributed by atoms with Crippen LogP contribution >= 0.6 is 23.2 Å². The summed E-state index contributed by atoms with van der Waals surface area (Å²) in [6.45, 7) is 2.70. The van der Waals surface area contributed by atoms with Crippen molar-refractivity contribution in [2.75, 3.05) is 10.2 Å². The van der Waals surface area contributed by atoms with E-state index in [1.165, 1.54) is 28.8 Å². The highest BCUT2D eigenvalue weighted by Crippen LogP contribution is 2.32. The second kappa shape index (κ2) is 9.07. The summed E-state index contributed by atoms with van der Waals surface area (Å²) in [5.41, 5.74) is 2.58. The number of anilines is 2. The van der Waals surface area contributed by atoms with Crippen LogP contribution in [0.25, 0.3) is 10.9 Å². The van der Waals surface area contributed by atoms with E-state index in [0.717, 1.165) is 11.1 Å². The predicted molar refractivity (Wildman–Crippen MR) is 137 cm³/mol. The summed E-state index contributed by atoms with van der Waals surface area (Å²) in [4.78, 5) is 35.7. The summed E-state index contributed by atoms with van der Waals surface area (Å²) < 4.78 is 15.2. The predicted octanol–water partition coefficient (Wildman–Crippen LogP) is 5.17. The lowest BCUT2D eigenvalue weighted by Crippen LogP contribution is -2.28. The van der Waals surface area contributed by atoms with Gasteiger partial charge in [0.2, 0.25) is 5.95 Å². The molecule has 2 aromatic carbocycles. The van der Waals surface area contributed by atoms with E-state index in [-0.39, 0.29) is 27.9 Å². The molecule has 0 aliphatic carbocycles. The largest absolute Gasteiger partial charge is 0.476 e. The van der Waals surface area contributed by atoms with Crippen molar-refractivity contribution in [1.82, 2.24) is 14.5 Å². The minimum atomic E-state index is -1.23. The number of pyridine rings is 1. The van der Waals surface area contributed by atoms with E-state index in [1.807, 2.05) is 4.90 Å². The SMILES string of the molecule is C[C@@H](Nc1ccc(Cl)nc1C(=O)O)c1cc(Cl)cc2c(=O)n(C)c(N3Cc4ccc(F)cc4C3)nc12. The Labute approximate surface area is 214 Å². The fraction of sp³-hybridized carbons (Fsp3) is 0.200. The monoisotopic (exact) mass is 527 g/mol. The van der Waals surface area contributed by atoms with E-state index in [0.29, 0.717) is 40.5 Å². The number of nitrogens with zero attached hydrogens (tertiary/aromatic N) is 4. The van der Waals surface area contributed by atoms with E-state index in [4.69, 9.17) is 28.2 Å². The summed E-state index contributed by atoms with van der Waals surface area (Å²) in [6, 6.07) is 10.4. The number of nitrogens with one attached hydrogen (secondary N) is 1. The number of carboxylic acids is 1. The minimum absolute atomic E-state index is 0.0557. The molecule has 184 valence electrons. The van der Waals surface area contributed by atoms with Gasteiger partial charge in [-0.05, 0) is 54.4 Å². The second-order valence-corrected chi connectivity index (χ2v) is 9.46. The van der Waals surface area contributed by atoms with Crippen LogP contribution in [0.5, 0.6) is 0 Å². The van der Waals surface area contributed by atoms with Gasteiger partial charge in [0.1, 0.15) is 11.0 Å². The highest BCUT2D eigenvalue weighted by molar-refractivity contribution is 6.31. The van der Waals surface area contributed by atoms with Crippen LogP contribution in [0.1, 0.15) is 40.1 Å². The van der Waals surface area contributed by atoms with Crippen LogP contribution in [0.4, 0.5) is 16.0 Å². The van der Waals surface area contributed by atoms with Crippen molar-refractivity contribution < 1.29 is 14.3 Å². The average Bonchev–Trinajstić information content (AvgIpc) is 3.25. The zero-order valence-electron chi connectivity index (χ0n) is 19.2. The molecule has 0 bridgehead atoms. The number of carbonyl (C=O) groups is 1. The number of hydrogen-bond donors (Lipinski definition) is 2. The number of halogens is 3. The van der Waals surface area contributed by atoms with Gasteiger partial charge in [0.25, 0.3) is 5.56 Å². The van der Waals surface area contributed by atoms with Crippen LogP contribution in [0.15, 0.2) is 47.3 Å². The number of carboxylic acid groups (broad SMARTS) is 1. The Bertz CT molecular complexity index is 1610. The zero-order valence-corrected chi connectivity index (χ0v) is 20.7. The third kappa shape index (κ3) is 4.25. The quantitative estimate of drug-likeness (QED) is 0.345. The second-order valence-electron chi connectivity index (χ2n) is 8.64. The maximum absolute atomic E-state index is 13.7. The van der Waals surface area contributed by atoms with Crippen molar-refractivity contribution in [2.24, 2.45) is 7.05 Å². The lowest BCUT2D eigenvalue weighted by Gasteiger charge is -2.23.